The summed E-state index contributed by atoms with van der Waals surface area (Å²) in [6.45, 7) is 3.30. The fourth-order valence-electron chi connectivity index (χ4n) is 1.87. The van der Waals surface area contributed by atoms with Crippen molar-refractivity contribution in [1.82, 2.24) is 9.78 Å². The first-order valence-electron chi connectivity index (χ1n) is 5.98. The van der Waals surface area contributed by atoms with Crippen molar-refractivity contribution in [3.8, 4) is 0 Å². The molecule has 5 N–H and O–H groups in total. The predicted molar refractivity (Wildman–Crippen MR) is 74.8 cm³/mol. The smallest absolute Gasteiger partial charge is 0.248 e. The van der Waals surface area contributed by atoms with E-state index in [1.54, 1.807) is 23.1 Å². The van der Waals surface area contributed by atoms with E-state index in [1.807, 2.05) is 19.1 Å². The van der Waals surface area contributed by atoms with E-state index in [2.05, 4.69) is 10.4 Å². The Bertz CT molecular complexity index is 590. The Hall–Kier alpha value is -2.50. The van der Waals surface area contributed by atoms with Crippen molar-refractivity contribution in [1.29, 1.82) is 0 Å². The standard InChI is InChI=1S/C13H17N5O/c1-9-6-11(2-3-12(9)13(15)19)16-4-5-18-8-10(14)7-17-18/h2-3,6-8,16H,4-5,14H2,1H3,(H2,15,19). The number of primary amides is 1. The van der Waals surface area contributed by atoms with Gasteiger partial charge in [0.25, 0.3) is 0 Å². The van der Waals surface area contributed by atoms with Crippen LogP contribution in [-0.4, -0.2) is 22.2 Å². The van der Waals surface area contributed by atoms with Gasteiger partial charge in [-0.25, -0.2) is 0 Å². The molecule has 100 valence electrons. The van der Waals surface area contributed by atoms with Gasteiger partial charge in [0.15, 0.2) is 0 Å². The number of anilines is 2. The number of hydrogen-bond acceptors (Lipinski definition) is 4. The van der Waals surface area contributed by atoms with Gasteiger partial charge in [0.05, 0.1) is 18.4 Å². The molecule has 0 aliphatic carbocycles. The number of nitrogens with one attached hydrogen (secondary N) is 1. The van der Waals surface area contributed by atoms with E-state index in [0.717, 1.165) is 17.8 Å². The normalized spacial score (nSPS) is 10.4. The summed E-state index contributed by atoms with van der Waals surface area (Å²) >= 11 is 0. The second kappa shape index (κ2) is 5.43. The van der Waals surface area contributed by atoms with Crippen LogP contribution in [0.25, 0.3) is 0 Å². The second-order valence-electron chi connectivity index (χ2n) is 4.36. The van der Waals surface area contributed by atoms with Crippen LogP contribution >= 0.6 is 0 Å². The van der Waals surface area contributed by atoms with Crippen LogP contribution in [0.2, 0.25) is 0 Å². The van der Waals surface area contributed by atoms with E-state index >= 15 is 0 Å². The molecule has 0 fully saturated rings. The summed E-state index contributed by atoms with van der Waals surface area (Å²) in [5.74, 6) is -0.406. The molecule has 19 heavy (non-hydrogen) atoms. The zero-order valence-corrected chi connectivity index (χ0v) is 10.8. The average molecular weight is 259 g/mol. The highest BCUT2D eigenvalue weighted by atomic mass is 16.1. The number of aromatic nitrogens is 2. The molecule has 0 aliphatic heterocycles. The van der Waals surface area contributed by atoms with Gasteiger partial charge in [-0.3, -0.25) is 9.48 Å². The summed E-state index contributed by atoms with van der Waals surface area (Å²) in [4.78, 5) is 11.1. The van der Waals surface area contributed by atoms with Crippen molar-refractivity contribution >= 4 is 17.3 Å². The van der Waals surface area contributed by atoms with Gasteiger partial charge in [-0.2, -0.15) is 5.10 Å². The van der Waals surface area contributed by atoms with Crippen LogP contribution in [0.15, 0.2) is 30.6 Å². The molecule has 6 nitrogen and oxygen atoms in total. The Morgan fingerprint density at radius 3 is 2.84 bits per heavy atom. The number of nitrogen functional groups attached to an aromatic ring is 1. The first-order valence-corrected chi connectivity index (χ1v) is 5.98. The second-order valence-corrected chi connectivity index (χ2v) is 4.36. The van der Waals surface area contributed by atoms with E-state index in [1.165, 1.54) is 0 Å². The van der Waals surface area contributed by atoms with Gasteiger partial charge in [-0.05, 0) is 30.7 Å². The van der Waals surface area contributed by atoms with E-state index in [9.17, 15) is 4.79 Å². The first kappa shape index (κ1) is 12.9. The summed E-state index contributed by atoms with van der Waals surface area (Å²) in [5.41, 5.74) is 13.8. The zero-order chi connectivity index (χ0) is 13.8. The molecule has 0 bridgehead atoms. The molecular formula is C13H17N5O. The number of benzene rings is 1. The summed E-state index contributed by atoms with van der Waals surface area (Å²) in [5, 5.41) is 7.35. The van der Waals surface area contributed by atoms with Gasteiger partial charge < -0.3 is 16.8 Å². The van der Waals surface area contributed by atoms with Crippen LogP contribution in [0.4, 0.5) is 11.4 Å². The van der Waals surface area contributed by atoms with Gasteiger partial charge in [0.2, 0.25) is 5.91 Å². The number of carbonyl (C=O) groups excluding carboxylic acids is 1. The first-order chi connectivity index (χ1) is 9.06. The summed E-state index contributed by atoms with van der Waals surface area (Å²) in [6, 6.07) is 5.47. The van der Waals surface area contributed by atoms with Crippen LogP contribution in [0.3, 0.4) is 0 Å². The molecular weight excluding hydrogens is 242 g/mol. The lowest BCUT2D eigenvalue weighted by Gasteiger charge is -2.09. The molecule has 0 aliphatic rings. The molecule has 0 saturated carbocycles. The Balaban J connectivity index is 1.93. The predicted octanol–water partition coefficient (Wildman–Crippen LogP) is 0.985. The molecule has 2 rings (SSSR count). The Labute approximate surface area is 111 Å². The molecule has 0 saturated heterocycles. The van der Waals surface area contributed by atoms with Gasteiger partial charge >= 0.3 is 0 Å². The van der Waals surface area contributed by atoms with Crippen LogP contribution in [0, 0.1) is 6.92 Å². The number of amides is 1. The fourth-order valence-corrected chi connectivity index (χ4v) is 1.87. The Kier molecular flexibility index (Phi) is 3.70. The van der Waals surface area contributed by atoms with Crippen molar-refractivity contribution in [2.45, 2.75) is 13.5 Å². The topological polar surface area (TPSA) is 99.0 Å². The monoisotopic (exact) mass is 259 g/mol. The van der Waals surface area contributed by atoms with Crippen molar-refractivity contribution in [2.75, 3.05) is 17.6 Å². The molecule has 1 heterocycles. The molecule has 0 unspecified atom stereocenters. The molecule has 1 amide bonds. The molecule has 0 spiro atoms. The largest absolute Gasteiger partial charge is 0.396 e. The number of nitrogens with zero attached hydrogens (tertiary/aromatic N) is 2. The summed E-state index contributed by atoms with van der Waals surface area (Å²) < 4.78 is 1.77. The molecule has 0 radical (unpaired) electrons. The van der Waals surface area contributed by atoms with Gasteiger partial charge in [-0.1, -0.05) is 0 Å². The maximum Gasteiger partial charge on any atom is 0.248 e. The highest BCUT2D eigenvalue weighted by Crippen LogP contribution is 2.14. The van der Waals surface area contributed by atoms with Crippen molar-refractivity contribution < 1.29 is 4.79 Å². The number of aryl methyl sites for hydroxylation is 1. The third-order valence-corrected chi connectivity index (χ3v) is 2.82. The fraction of sp³-hybridized carbons (Fsp3) is 0.231. The number of rotatable bonds is 5. The lowest BCUT2D eigenvalue weighted by atomic mass is 10.1. The third kappa shape index (κ3) is 3.25. The van der Waals surface area contributed by atoms with E-state index in [-0.39, 0.29) is 0 Å². The van der Waals surface area contributed by atoms with Crippen LogP contribution < -0.4 is 16.8 Å². The van der Waals surface area contributed by atoms with E-state index in [4.69, 9.17) is 11.5 Å². The molecule has 2 aromatic rings. The van der Waals surface area contributed by atoms with Crippen molar-refractivity contribution in [2.24, 2.45) is 5.73 Å². The molecule has 1 aromatic carbocycles. The number of carbonyl (C=O) groups is 1. The minimum Gasteiger partial charge on any atom is -0.396 e. The highest BCUT2D eigenvalue weighted by molar-refractivity contribution is 5.94. The van der Waals surface area contributed by atoms with Gasteiger partial charge in [0, 0.05) is 24.0 Å². The summed E-state index contributed by atoms with van der Waals surface area (Å²) in [6.07, 6.45) is 3.40. The van der Waals surface area contributed by atoms with Gasteiger partial charge in [-0.15, -0.1) is 0 Å². The highest BCUT2D eigenvalue weighted by Gasteiger charge is 2.04. The lowest BCUT2D eigenvalue weighted by molar-refractivity contribution is 0.1000. The SMILES string of the molecule is Cc1cc(NCCn2cc(N)cn2)ccc1C(N)=O. The van der Waals surface area contributed by atoms with Crippen molar-refractivity contribution in [3.63, 3.8) is 0 Å². The molecule has 0 atom stereocenters. The maximum atomic E-state index is 11.1. The quantitative estimate of drug-likeness (QED) is 0.745. The van der Waals surface area contributed by atoms with E-state index < -0.39 is 5.91 Å². The zero-order valence-electron chi connectivity index (χ0n) is 10.8. The minimum absolute atomic E-state index is 0.406. The van der Waals surface area contributed by atoms with Gasteiger partial charge in [0.1, 0.15) is 0 Å². The van der Waals surface area contributed by atoms with Crippen molar-refractivity contribution in [3.05, 3.63) is 41.7 Å². The van der Waals surface area contributed by atoms with Crippen LogP contribution in [-0.2, 0) is 6.54 Å². The van der Waals surface area contributed by atoms with Crippen LogP contribution in [0.1, 0.15) is 15.9 Å². The Morgan fingerprint density at radius 1 is 1.47 bits per heavy atom. The summed E-state index contributed by atoms with van der Waals surface area (Å²) in [7, 11) is 0. The minimum atomic E-state index is -0.406. The van der Waals surface area contributed by atoms with Crippen LogP contribution in [0.5, 0.6) is 0 Å². The Morgan fingerprint density at radius 2 is 2.26 bits per heavy atom. The number of hydrogen-bond donors (Lipinski definition) is 3. The molecule has 1 aromatic heterocycles. The lowest BCUT2D eigenvalue weighted by Crippen LogP contribution is -2.14. The van der Waals surface area contributed by atoms with E-state index in [0.29, 0.717) is 17.8 Å². The average Bonchev–Trinajstić information content (AvgIpc) is 2.75. The third-order valence-electron chi connectivity index (χ3n) is 2.82. The maximum absolute atomic E-state index is 11.1. The molecule has 6 heteroatoms. The number of nitrogens with two attached hydrogens (primary N) is 2.